The topological polar surface area (TPSA) is 52.6 Å². The van der Waals surface area contributed by atoms with Gasteiger partial charge in [-0.15, -0.1) is 0 Å². The minimum atomic E-state index is -2.56. The largest absolute Gasteiger partial charge is 0.355 e. The van der Waals surface area contributed by atoms with Gasteiger partial charge < -0.3 is 10.2 Å². The molecule has 1 saturated heterocycles. The zero-order valence-electron chi connectivity index (χ0n) is 7.82. The molecule has 4 nitrogen and oxygen atoms in total. The fourth-order valence-corrected chi connectivity index (χ4v) is 3.09. The third kappa shape index (κ3) is 3.21. The Balaban J connectivity index is 2.41. The Morgan fingerprint density at radius 2 is 2.31 bits per heavy atom. The maximum absolute atomic E-state index is 11.2. The lowest BCUT2D eigenvalue weighted by molar-refractivity contribution is 0.502. The molecule has 2 atom stereocenters. The van der Waals surface area contributed by atoms with Gasteiger partial charge >= 0.3 is 0 Å². The molecule has 0 aliphatic carbocycles. The number of hydrogen-bond donors (Lipinski definition) is 2. The van der Waals surface area contributed by atoms with Crippen LogP contribution in [0.5, 0.6) is 0 Å². The predicted octanol–water partition coefficient (Wildman–Crippen LogP) is 0.167. The maximum Gasteiger partial charge on any atom is 0.216 e. The summed E-state index contributed by atoms with van der Waals surface area (Å²) < 4.78 is 20.5. The minimum Gasteiger partial charge on any atom is -0.355 e. The van der Waals surface area contributed by atoms with Crippen molar-refractivity contribution >= 4 is 27.5 Å². The average molecular weight is 223 g/mol. The van der Waals surface area contributed by atoms with E-state index in [1.165, 1.54) is 0 Å². The summed E-state index contributed by atoms with van der Waals surface area (Å²) in [6, 6.07) is 0.0624. The van der Waals surface area contributed by atoms with Gasteiger partial charge in [-0.2, -0.15) is 4.55 Å². The standard InChI is InChI=1S/C7H14N2O2S2/c1-9(2)7(12)8-6-3-4-13(10,11)5-6/h6H,3-5H2,1-2H3,(H-,8,10,11,12)/p+1/t6-/m1/s1. The smallest absolute Gasteiger partial charge is 0.216 e. The number of nitrogens with one attached hydrogen (secondary N) is 1. The van der Waals surface area contributed by atoms with E-state index in [-0.39, 0.29) is 6.04 Å². The van der Waals surface area contributed by atoms with Crippen molar-refractivity contribution < 1.29 is 8.76 Å². The summed E-state index contributed by atoms with van der Waals surface area (Å²) >= 11 is 5.03. The molecule has 0 radical (unpaired) electrons. The Morgan fingerprint density at radius 1 is 1.69 bits per heavy atom. The first kappa shape index (κ1) is 10.9. The molecule has 1 heterocycles. The Labute approximate surface area is 84.9 Å². The molecule has 13 heavy (non-hydrogen) atoms. The van der Waals surface area contributed by atoms with Crippen LogP contribution in [0.15, 0.2) is 0 Å². The van der Waals surface area contributed by atoms with Crippen molar-refractivity contribution in [2.45, 2.75) is 12.5 Å². The van der Waals surface area contributed by atoms with Crippen LogP contribution in [0.2, 0.25) is 0 Å². The molecule has 0 spiro atoms. The van der Waals surface area contributed by atoms with Gasteiger partial charge in [0, 0.05) is 20.5 Å². The lowest BCUT2D eigenvalue weighted by atomic mass is 10.3. The van der Waals surface area contributed by atoms with Crippen LogP contribution >= 0.6 is 12.2 Å². The Bertz CT molecular complexity index is 255. The van der Waals surface area contributed by atoms with E-state index in [2.05, 4.69) is 5.32 Å². The molecule has 1 aliphatic rings. The van der Waals surface area contributed by atoms with Crippen molar-refractivity contribution in [1.82, 2.24) is 10.2 Å². The molecule has 1 rings (SSSR count). The molecule has 0 saturated carbocycles. The lowest BCUT2D eigenvalue weighted by Crippen LogP contribution is -2.42. The predicted molar refractivity (Wildman–Crippen MR) is 58.2 cm³/mol. The van der Waals surface area contributed by atoms with Crippen LogP contribution in [0.1, 0.15) is 6.42 Å². The van der Waals surface area contributed by atoms with Gasteiger partial charge in [0.15, 0.2) is 10.9 Å². The molecule has 0 aromatic carbocycles. The molecule has 6 heteroatoms. The fraction of sp³-hybridized carbons (Fsp3) is 0.857. The van der Waals surface area contributed by atoms with Crippen LogP contribution < -0.4 is 5.32 Å². The van der Waals surface area contributed by atoms with Gasteiger partial charge in [-0.25, -0.2) is 0 Å². The summed E-state index contributed by atoms with van der Waals surface area (Å²) in [5, 5.41) is 3.68. The van der Waals surface area contributed by atoms with Crippen LogP contribution in [0.25, 0.3) is 0 Å². The summed E-state index contributed by atoms with van der Waals surface area (Å²) in [5.41, 5.74) is 0. The zero-order chi connectivity index (χ0) is 10.1. The van der Waals surface area contributed by atoms with Gasteiger partial charge in [-0.3, -0.25) is 0 Å². The first-order valence-electron chi connectivity index (χ1n) is 4.10. The lowest BCUT2D eigenvalue weighted by Gasteiger charge is -2.17. The van der Waals surface area contributed by atoms with Crippen LogP contribution in [0.4, 0.5) is 0 Å². The van der Waals surface area contributed by atoms with Crippen molar-refractivity contribution in [3.63, 3.8) is 0 Å². The molecular formula is C7H15N2O2S2+. The summed E-state index contributed by atoms with van der Waals surface area (Å²) in [7, 11) is 1.14. The van der Waals surface area contributed by atoms with Crippen molar-refractivity contribution in [2.75, 3.05) is 25.6 Å². The fourth-order valence-electron chi connectivity index (χ4n) is 1.22. The molecule has 1 unspecified atom stereocenters. The highest BCUT2D eigenvalue weighted by Gasteiger charge is 2.38. The van der Waals surface area contributed by atoms with E-state index in [1.807, 2.05) is 14.1 Å². The van der Waals surface area contributed by atoms with Crippen LogP contribution in [-0.4, -0.2) is 46.2 Å². The molecule has 2 N–H and O–H groups in total. The highest BCUT2D eigenvalue weighted by atomic mass is 32.3. The van der Waals surface area contributed by atoms with Crippen molar-refractivity contribution in [3.05, 3.63) is 0 Å². The van der Waals surface area contributed by atoms with Gasteiger partial charge in [0.25, 0.3) is 0 Å². The minimum absolute atomic E-state index is 0.0624. The van der Waals surface area contributed by atoms with Gasteiger partial charge in [-0.1, -0.05) is 4.21 Å². The highest BCUT2D eigenvalue weighted by molar-refractivity contribution is 7.98. The monoisotopic (exact) mass is 223 g/mol. The number of thiocarbonyl (C=S) groups is 1. The summed E-state index contributed by atoms with van der Waals surface area (Å²) in [5.74, 6) is 0.710. The van der Waals surface area contributed by atoms with Gasteiger partial charge in [0.05, 0.1) is 6.04 Å². The normalized spacial score (nSPS) is 33.0. The van der Waals surface area contributed by atoms with Crippen LogP contribution in [0, 0.1) is 0 Å². The number of nitrogens with zero attached hydrogens (tertiary/aromatic N) is 1. The molecule has 0 bridgehead atoms. The van der Waals surface area contributed by atoms with Gasteiger partial charge in [0.2, 0.25) is 10.2 Å². The third-order valence-corrected chi connectivity index (χ3v) is 4.26. The molecule has 0 aromatic rings. The zero-order valence-corrected chi connectivity index (χ0v) is 9.45. The van der Waals surface area contributed by atoms with Gasteiger partial charge in [-0.05, 0) is 12.2 Å². The summed E-state index contributed by atoms with van der Waals surface area (Å²) in [4.78, 5) is 1.78. The molecule has 76 valence electrons. The number of rotatable bonds is 1. The SMILES string of the molecule is CN(C)C(=S)N[C@@H]1CC[S+](=O)(O)C1. The summed E-state index contributed by atoms with van der Waals surface area (Å²) in [6.07, 6.45) is 0.726. The quantitative estimate of drug-likeness (QED) is 0.490. The van der Waals surface area contributed by atoms with Crippen molar-refractivity contribution in [2.24, 2.45) is 0 Å². The maximum atomic E-state index is 11.2. The number of hydrogen-bond acceptors (Lipinski definition) is 2. The molecular weight excluding hydrogens is 208 g/mol. The first-order chi connectivity index (χ1) is 5.91. The second kappa shape index (κ2) is 3.89. The molecule has 0 amide bonds. The van der Waals surface area contributed by atoms with Crippen LogP contribution in [0.3, 0.4) is 0 Å². The molecule has 1 aliphatic heterocycles. The molecule has 0 aromatic heterocycles. The van der Waals surface area contributed by atoms with Crippen LogP contribution in [-0.2, 0) is 14.4 Å². The van der Waals surface area contributed by atoms with E-state index in [4.69, 9.17) is 12.2 Å². The van der Waals surface area contributed by atoms with E-state index < -0.39 is 10.2 Å². The first-order valence-corrected chi connectivity index (χ1v) is 6.37. The van der Waals surface area contributed by atoms with Gasteiger partial charge in [0.1, 0.15) is 5.75 Å². The van der Waals surface area contributed by atoms with Crippen molar-refractivity contribution in [3.8, 4) is 0 Å². The van der Waals surface area contributed by atoms with E-state index in [0.717, 1.165) is 6.42 Å². The highest BCUT2D eigenvalue weighted by Crippen LogP contribution is 2.16. The van der Waals surface area contributed by atoms with E-state index in [1.54, 1.807) is 4.90 Å². The third-order valence-electron chi connectivity index (χ3n) is 1.98. The Hall–Kier alpha value is -0.200. The summed E-state index contributed by atoms with van der Waals surface area (Å²) in [6.45, 7) is 0. The molecule has 1 fully saturated rings. The van der Waals surface area contributed by atoms with E-state index in [0.29, 0.717) is 16.6 Å². The van der Waals surface area contributed by atoms with E-state index in [9.17, 15) is 8.76 Å². The Kier molecular flexibility index (Phi) is 3.26. The van der Waals surface area contributed by atoms with Crippen molar-refractivity contribution in [1.29, 1.82) is 0 Å². The average Bonchev–Trinajstić information content (AvgIpc) is 2.30. The Morgan fingerprint density at radius 3 is 2.69 bits per heavy atom. The second-order valence-corrected chi connectivity index (χ2v) is 6.15. The van der Waals surface area contributed by atoms with E-state index >= 15 is 0 Å². The second-order valence-electron chi connectivity index (χ2n) is 3.47.